The lowest BCUT2D eigenvalue weighted by molar-refractivity contribution is -0.110. The maximum absolute atomic E-state index is 13.2. The van der Waals surface area contributed by atoms with Crippen molar-refractivity contribution < 1.29 is 14.3 Å². The van der Waals surface area contributed by atoms with Crippen molar-refractivity contribution in [3.8, 4) is 0 Å². The van der Waals surface area contributed by atoms with Gasteiger partial charge in [0.25, 0.3) is 5.91 Å². The average Bonchev–Trinajstić information content (AvgIpc) is 3.21. The summed E-state index contributed by atoms with van der Waals surface area (Å²) in [4.78, 5) is 27.9. The highest BCUT2D eigenvalue weighted by molar-refractivity contribution is 6.37. The number of nitrogens with zero attached hydrogens (tertiary/aromatic N) is 1. The molecule has 0 saturated heterocycles. The third kappa shape index (κ3) is 5.92. The largest absolute Gasteiger partial charge is 0.462 e. The fourth-order valence-corrected chi connectivity index (χ4v) is 4.66. The number of ether oxygens (including phenoxy) is 1. The molecule has 3 aromatic carbocycles. The summed E-state index contributed by atoms with van der Waals surface area (Å²) in [6, 6.07) is 24.2. The van der Waals surface area contributed by atoms with Gasteiger partial charge in [-0.1, -0.05) is 48.5 Å². The molecule has 0 spiro atoms. The summed E-state index contributed by atoms with van der Waals surface area (Å²) >= 11 is 0. The maximum Gasteiger partial charge on any atom is 0.338 e. The van der Waals surface area contributed by atoms with Gasteiger partial charge in [0, 0.05) is 29.9 Å². The van der Waals surface area contributed by atoms with Crippen LogP contribution in [0.3, 0.4) is 0 Å². The first kappa shape index (κ1) is 26.2. The second-order valence-electron chi connectivity index (χ2n) is 9.73. The van der Waals surface area contributed by atoms with E-state index in [0.717, 1.165) is 23.4 Å². The number of hydrogen-bond acceptors (Lipinski definition) is 5. The molecule has 2 N–H and O–H groups in total. The molecule has 0 unspecified atom stereocenters. The molecule has 0 fully saturated rings. The summed E-state index contributed by atoms with van der Waals surface area (Å²) in [6.45, 7) is 11.8. The third-order valence-electron chi connectivity index (χ3n) is 6.50. The van der Waals surface area contributed by atoms with Crippen molar-refractivity contribution in [1.82, 2.24) is 4.90 Å². The minimum absolute atomic E-state index is 0.219. The third-order valence-corrected chi connectivity index (χ3v) is 6.50. The zero-order valence-corrected chi connectivity index (χ0v) is 22.2. The molecule has 3 aromatic rings. The highest BCUT2D eigenvalue weighted by Gasteiger charge is 2.29. The summed E-state index contributed by atoms with van der Waals surface area (Å²) < 4.78 is 5.12. The fourth-order valence-electron chi connectivity index (χ4n) is 4.66. The van der Waals surface area contributed by atoms with Crippen LogP contribution in [0.1, 0.15) is 61.7 Å². The molecule has 0 aliphatic carbocycles. The SMILES string of the molecule is CCOC(=O)c1ccc2c(c1)NC(=O)C2=C(Nc1ccc(CN(C(C)C)C(C)C)cc1)c1ccccc1. The molecule has 6 heteroatoms. The van der Waals surface area contributed by atoms with E-state index in [-0.39, 0.29) is 5.91 Å². The predicted molar refractivity (Wildman–Crippen MR) is 150 cm³/mol. The summed E-state index contributed by atoms with van der Waals surface area (Å²) in [6.07, 6.45) is 0. The number of anilines is 2. The van der Waals surface area contributed by atoms with E-state index in [1.165, 1.54) is 5.56 Å². The van der Waals surface area contributed by atoms with Gasteiger partial charge in [-0.25, -0.2) is 4.79 Å². The van der Waals surface area contributed by atoms with Gasteiger partial charge in [-0.2, -0.15) is 0 Å². The highest BCUT2D eigenvalue weighted by atomic mass is 16.5. The molecule has 1 aliphatic heterocycles. The molecule has 0 atom stereocenters. The van der Waals surface area contributed by atoms with E-state index in [4.69, 9.17) is 4.74 Å². The van der Waals surface area contributed by atoms with Crippen molar-refractivity contribution >= 4 is 34.5 Å². The molecule has 0 aromatic heterocycles. The molecular formula is C31H35N3O3. The summed E-state index contributed by atoms with van der Waals surface area (Å²) in [5.41, 5.74) is 6.00. The Labute approximate surface area is 219 Å². The van der Waals surface area contributed by atoms with E-state index >= 15 is 0 Å². The van der Waals surface area contributed by atoms with Crippen LogP contribution in [0.2, 0.25) is 0 Å². The number of carbonyl (C=O) groups is 2. The van der Waals surface area contributed by atoms with Gasteiger partial charge in [-0.3, -0.25) is 9.69 Å². The average molecular weight is 498 g/mol. The Kier molecular flexibility index (Phi) is 8.09. The van der Waals surface area contributed by atoms with Crippen molar-refractivity contribution in [3.05, 3.63) is 95.1 Å². The Bertz CT molecular complexity index is 1290. The minimum Gasteiger partial charge on any atom is -0.462 e. The second kappa shape index (κ2) is 11.4. The van der Waals surface area contributed by atoms with E-state index < -0.39 is 5.97 Å². The van der Waals surface area contributed by atoms with Crippen LogP contribution in [0.4, 0.5) is 11.4 Å². The number of rotatable bonds is 9. The Morgan fingerprint density at radius 3 is 2.22 bits per heavy atom. The number of hydrogen-bond donors (Lipinski definition) is 2. The molecule has 0 saturated carbocycles. The van der Waals surface area contributed by atoms with E-state index in [1.807, 2.05) is 30.3 Å². The van der Waals surface area contributed by atoms with Crippen LogP contribution < -0.4 is 10.6 Å². The number of benzene rings is 3. The minimum atomic E-state index is -0.410. The Morgan fingerprint density at radius 1 is 0.919 bits per heavy atom. The monoisotopic (exact) mass is 497 g/mol. The van der Waals surface area contributed by atoms with Crippen molar-refractivity contribution in [1.29, 1.82) is 0 Å². The molecule has 0 bridgehead atoms. The van der Waals surface area contributed by atoms with Crippen LogP contribution in [-0.4, -0.2) is 35.5 Å². The summed E-state index contributed by atoms with van der Waals surface area (Å²) in [5.74, 6) is -0.629. The quantitative estimate of drug-likeness (QED) is 0.264. The van der Waals surface area contributed by atoms with Gasteiger partial charge in [-0.05, 0) is 70.0 Å². The Balaban J connectivity index is 1.69. The van der Waals surface area contributed by atoms with Crippen molar-refractivity contribution in [2.75, 3.05) is 17.2 Å². The number of carbonyl (C=O) groups excluding carboxylic acids is 2. The molecule has 37 heavy (non-hydrogen) atoms. The number of nitrogens with one attached hydrogen (secondary N) is 2. The van der Waals surface area contributed by atoms with Gasteiger partial charge >= 0.3 is 5.97 Å². The molecule has 0 radical (unpaired) electrons. The molecule has 6 nitrogen and oxygen atoms in total. The van der Waals surface area contributed by atoms with Crippen LogP contribution in [0.25, 0.3) is 11.3 Å². The summed E-state index contributed by atoms with van der Waals surface area (Å²) in [5, 5.41) is 6.43. The van der Waals surface area contributed by atoms with E-state index in [2.05, 4.69) is 67.5 Å². The zero-order chi connectivity index (χ0) is 26.5. The van der Waals surface area contributed by atoms with Crippen molar-refractivity contribution in [2.24, 2.45) is 0 Å². The van der Waals surface area contributed by atoms with Crippen LogP contribution in [0.15, 0.2) is 72.8 Å². The summed E-state index contributed by atoms with van der Waals surface area (Å²) in [7, 11) is 0. The predicted octanol–water partition coefficient (Wildman–Crippen LogP) is 6.41. The molecule has 1 aliphatic rings. The first-order valence-electron chi connectivity index (χ1n) is 12.8. The molecular weight excluding hydrogens is 462 g/mol. The van der Waals surface area contributed by atoms with E-state index in [0.29, 0.717) is 41.2 Å². The first-order chi connectivity index (χ1) is 17.8. The number of esters is 1. The van der Waals surface area contributed by atoms with Gasteiger partial charge in [0.1, 0.15) is 0 Å². The van der Waals surface area contributed by atoms with E-state index in [9.17, 15) is 9.59 Å². The molecule has 192 valence electrons. The standard InChI is InChI=1S/C31H35N3O3/c1-6-37-31(36)24-14-17-26-27(18-24)33-30(35)28(26)29(23-10-8-7-9-11-23)32-25-15-12-22(13-16-25)19-34(20(2)3)21(4)5/h7-18,20-21,32H,6,19H2,1-5H3,(H,33,35). The van der Waals surface area contributed by atoms with Crippen LogP contribution in [0, 0.1) is 0 Å². The highest BCUT2D eigenvalue weighted by Crippen LogP contribution is 2.38. The number of amides is 1. The smallest absolute Gasteiger partial charge is 0.338 e. The normalized spacial score (nSPS) is 14.1. The number of fused-ring (bicyclic) bond motifs is 1. The van der Waals surface area contributed by atoms with E-state index in [1.54, 1.807) is 25.1 Å². The van der Waals surface area contributed by atoms with Gasteiger partial charge in [-0.15, -0.1) is 0 Å². The van der Waals surface area contributed by atoms with Crippen LogP contribution in [0.5, 0.6) is 0 Å². The Morgan fingerprint density at radius 2 is 1.59 bits per heavy atom. The van der Waals surface area contributed by atoms with Gasteiger partial charge < -0.3 is 15.4 Å². The fraction of sp³-hybridized carbons (Fsp3) is 0.290. The topological polar surface area (TPSA) is 70.7 Å². The lowest BCUT2D eigenvalue weighted by Crippen LogP contribution is -2.36. The van der Waals surface area contributed by atoms with Crippen molar-refractivity contribution in [2.45, 2.75) is 53.2 Å². The lowest BCUT2D eigenvalue weighted by Gasteiger charge is -2.30. The zero-order valence-electron chi connectivity index (χ0n) is 22.2. The Hall–Kier alpha value is -3.90. The first-order valence-corrected chi connectivity index (χ1v) is 12.8. The van der Waals surface area contributed by atoms with Gasteiger partial charge in [0.05, 0.1) is 29.1 Å². The van der Waals surface area contributed by atoms with Crippen molar-refractivity contribution in [3.63, 3.8) is 0 Å². The van der Waals surface area contributed by atoms with Crippen LogP contribution >= 0.6 is 0 Å². The van der Waals surface area contributed by atoms with Gasteiger partial charge in [0.15, 0.2) is 0 Å². The van der Waals surface area contributed by atoms with Gasteiger partial charge in [0.2, 0.25) is 0 Å². The second-order valence-corrected chi connectivity index (χ2v) is 9.73. The lowest BCUT2D eigenvalue weighted by atomic mass is 9.99. The molecule has 4 rings (SSSR count). The van der Waals surface area contributed by atoms with Crippen LogP contribution in [-0.2, 0) is 16.1 Å². The molecule has 1 heterocycles. The maximum atomic E-state index is 13.2. The molecule has 1 amide bonds.